The average molecular weight is 292 g/mol. The van der Waals surface area contributed by atoms with Crippen molar-refractivity contribution >= 4 is 17.3 Å². The number of nitrogens with two attached hydrogens (primary N) is 1. The van der Waals surface area contributed by atoms with Crippen molar-refractivity contribution in [1.82, 2.24) is 0 Å². The number of nitro groups is 1. The van der Waals surface area contributed by atoms with Crippen LogP contribution in [0.5, 0.6) is 0 Å². The van der Waals surface area contributed by atoms with E-state index in [2.05, 4.69) is 0 Å². The molecule has 2 rings (SSSR count). The Bertz CT molecular complexity index is 538. The lowest BCUT2D eigenvalue weighted by atomic mass is 9.80. The first-order valence-electron chi connectivity index (χ1n) is 7.25. The molecule has 0 amide bonds. The smallest absolute Gasteiger partial charge is 0.311 e. The SMILES string of the molecule is Nc1ccc([N+](=O)[O-])cc1C(CC1CCCCC1)C(=O)O. The molecule has 0 radical (unpaired) electrons. The van der Waals surface area contributed by atoms with Gasteiger partial charge in [0.1, 0.15) is 0 Å². The molecule has 1 fully saturated rings. The summed E-state index contributed by atoms with van der Waals surface area (Å²) >= 11 is 0. The van der Waals surface area contributed by atoms with Crippen molar-refractivity contribution in [1.29, 1.82) is 0 Å². The summed E-state index contributed by atoms with van der Waals surface area (Å²) in [6, 6.07) is 4.03. The van der Waals surface area contributed by atoms with Crippen LogP contribution < -0.4 is 5.73 Å². The molecule has 0 aliphatic heterocycles. The van der Waals surface area contributed by atoms with Gasteiger partial charge in [0.05, 0.1) is 10.8 Å². The van der Waals surface area contributed by atoms with Gasteiger partial charge in [-0.25, -0.2) is 0 Å². The Kier molecular flexibility index (Phi) is 4.77. The van der Waals surface area contributed by atoms with Gasteiger partial charge in [-0.2, -0.15) is 0 Å². The number of carboxylic acids is 1. The molecule has 1 unspecified atom stereocenters. The number of nitrogen functional groups attached to an aromatic ring is 1. The Morgan fingerprint density at radius 2 is 2.05 bits per heavy atom. The summed E-state index contributed by atoms with van der Waals surface area (Å²) in [6.45, 7) is 0. The molecule has 0 aromatic heterocycles. The number of nitro benzene ring substituents is 1. The highest BCUT2D eigenvalue weighted by molar-refractivity contribution is 5.79. The van der Waals surface area contributed by atoms with Crippen LogP contribution in [0, 0.1) is 16.0 Å². The zero-order valence-corrected chi connectivity index (χ0v) is 11.8. The maximum absolute atomic E-state index is 11.6. The zero-order valence-electron chi connectivity index (χ0n) is 11.8. The summed E-state index contributed by atoms with van der Waals surface area (Å²) < 4.78 is 0. The lowest BCUT2D eigenvalue weighted by Crippen LogP contribution is -2.19. The van der Waals surface area contributed by atoms with E-state index in [1.54, 1.807) is 0 Å². The average Bonchev–Trinajstić information content (AvgIpc) is 2.46. The van der Waals surface area contributed by atoms with Gasteiger partial charge >= 0.3 is 5.97 Å². The van der Waals surface area contributed by atoms with E-state index in [-0.39, 0.29) is 5.69 Å². The molecular formula is C15H20N2O4. The third-order valence-electron chi connectivity index (χ3n) is 4.25. The monoisotopic (exact) mass is 292 g/mol. The molecule has 6 heteroatoms. The Hall–Kier alpha value is -2.11. The number of hydrogen-bond donors (Lipinski definition) is 2. The number of nitrogens with zero attached hydrogens (tertiary/aromatic N) is 1. The van der Waals surface area contributed by atoms with Crippen LogP contribution in [-0.4, -0.2) is 16.0 Å². The van der Waals surface area contributed by atoms with Gasteiger partial charge in [-0.05, 0) is 24.0 Å². The number of rotatable bonds is 5. The number of aliphatic carboxylic acids is 1. The summed E-state index contributed by atoms with van der Waals surface area (Å²) in [5.41, 5.74) is 6.40. The molecule has 0 spiro atoms. The summed E-state index contributed by atoms with van der Waals surface area (Å²) in [7, 11) is 0. The summed E-state index contributed by atoms with van der Waals surface area (Å²) in [4.78, 5) is 21.9. The van der Waals surface area contributed by atoms with Crippen LogP contribution in [-0.2, 0) is 4.79 Å². The minimum atomic E-state index is -0.965. The molecule has 0 saturated heterocycles. The van der Waals surface area contributed by atoms with Gasteiger partial charge in [0.25, 0.3) is 5.69 Å². The molecule has 21 heavy (non-hydrogen) atoms. The zero-order chi connectivity index (χ0) is 15.4. The Morgan fingerprint density at radius 1 is 1.38 bits per heavy atom. The van der Waals surface area contributed by atoms with E-state index >= 15 is 0 Å². The summed E-state index contributed by atoms with van der Waals surface area (Å²) in [5, 5.41) is 20.4. The van der Waals surface area contributed by atoms with Crippen LogP contribution in [0.25, 0.3) is 0 Å². The normalized spacial score (nSPS) is 17.3. The highest BCUT2D eigenvalue weighted by Crippen LogP contribution is 2.36. The van der Waals surface area contributed by atoms with Crippen molar-refractivity contribution in [2.24, 2.45) is 5.92 Å². The van der Waals surface area contributed by atoms with Gasteiger partial charge in [0, 0.05) is 17.8 Å². The highest BCUT2D eigenvalue weighted by atomic mass is 16.6. The third-order valence-corrected chi connectivity index (χ3v) is 4.25. The van der Waals surface area contributed by atoms with Crippen molar-refractivity contribution in [3.8, 4) is 0 Å². The molecule has 1 aromatic rings. The second kappa shape index (κ2) is 6.56. The second-order valence-electron chi connectivity index (χ2n) is 5.70. The predicted octanol–water partition coefficient (Wildman–Crippen LogP) is 3.32. The number of hydrogen-bond acceptors (Lipinski definition) is 4. The summed E-state index contributed by atoms with van der Waals surface area (Å²) in [6.07, 6.45) is 6.01. The van der Waals surface area contributed by atoms with Crippen LogP contribution in [0.2, 0.25) is 0 Å². The maximum Gasteiger partial charge on any atom is 0.311 e. The van der Waals surface area contributed by atoms with E-state index in [4.69, 9.17) is 5.73 Å². The fourth-order valence-corrected chi connectivity index (χ4v) is 3.09. The fraction of sp³-hybridized carbons (Fsp3) is 0.533. The molecule has 3 N–H and O–H groups in total. The number of non-ortho nitro benzene ring substituents is 1. The third kappa shape index (κ3) is 3.71. The number of carbonyl (C=O) groups is 1. The van der Waals surface area contributed by atoms with Crippen LogP contribution in [0.4, 0.5) is 11.4 Å². The van der Waals surface area contributed by atoms with Gasteiger partial charge in [0.2, 0.25) is 0 Å². The molecule has 1 saturated carbocycles. The molecule has 1 aromatic carbocycles. The van der Waals surface area contributed by atoms with E-state index in [9.17, 15) is 20.0 Å². The largest absolute Gasteiger partial charge is 0.481 e. The van der Waals surface area contributed by atoms with Crippen LogP contribution in [0.3, 0.4) is 0 Å². The number of anilines is 1. The Labute approximate surface area is 123 Å². The van der Waals surface area contributed by atoms with Crippen molar-refractivity contribution < 1.29 is 14.8 Å². The van der Waals surface area contributed by atoms with E-state index in [0.29, 0.717) is 23.6 Å². The summed E-state index contributed by atoms with van der Waals surface area (Å²) in [5.74, 6) is -1.38. The molecule has 114 valence electrons. The standard InChI is InChI=1S/C15H20N2O4/c16-14-7-6-11(17(20)21)9-12(14)13(15(18)19)8-10-4-2-1-3-5-10/h6-7,9-10,13H,1-5,8,16H2,(H,18,19). The Morgan fingerprint density at radius 3 is 2.62 bits per heavy atom. The molecule has 0 bridgehead atoms. The van der Waals surface area contributed by atoms with Crippen molar-refractivity contribution in [3.05, 3.63) is 33.9 Å². The molecule has 6 nitrogen and oxygen atoms in total. The van der Waals surface area contributed by atoms with Crippen molar-refractivity contribution in [2.45, 2.75) is 44.4 Å². The molecule has 1 atom stereocenters. The van der Waals surface area contributed by atoms with E-state index in [1.807, 2.05) is 0 Å². The second-order valence-corrected chi connectivity index (χ2v) is 5.70. The minimum Gasteiger partial charge on any atom is -0.481 e. The van der Waals surface area contributed by atoms with Gasteiger partial charge < -0.3 is 10.8 Å². The van der Waals surface area contributed by atoms with Gasteiger partial charge in [-0.1, -0.05) is 32.1 Å². The maximum atomic E-state index is 11.6. The fourth-order valence-electron chi connectivity index (χ4n) is 3.09. The predicted molar refractivity (Wildman–Crippen MR) is 79.1 cm³/mol. The Balaban J connectivity index is 2.26. The molecular weight excluding hydrogens is 272 g/mol. The highest BCUT2D eigenvalue weighted by Gasteiger charge is 2.28. The van der Waals surface area contributed by atoms with Crippen molar-refractivity contribution in [2.75, 3.05) is 5.73 Å². The molecule has 1 aliphatic carbocycles. The van der Waals surface area contributed by atoms with E-state index in [0.717, 1.165) is 25.7 Å². The molecule has 0 heterocycles. The first-order chi connectivity index (χ1) is 9.99. The first-order valence-corrected chi connectivity index (χ1v) is 7.25. The van der Waals surface area contributed by atoms with E-state index in [1.165, 1.54) is 24.6 Å². The first kappa shape index (κ1) is 15.3. The lowest BCUT2D eigenvalue weighted by Gasteiger charge is -2.25. The van der Waals surface area contributed by atoms with Crippen molar-refractivity contribution in [3.63, 3.8) is 0 Å². The topological polar surface area (TPSA) is 106 Å². The lowest BCUT2D eigenvalue weighted by molar-refractivity contribution is -0.384. The molecule has 1 aliphatic rings. The van der Waals surface area contributed by atoms with Crippen LogP contribution in [0.1, 0.15) is 50.0 Å². The number of benzene rings is 1. The van der Waals surface area contributed by atoms with Crippen LogP contribution >= 0.6 is 0 Å². The minimum absolute atomic E-state index is 0.117. The van der Waals surface area contributed by atoms with E-state index < -0.39 is 16.8 Å². The van der Waals surface area contributed by atoms with Gasteiger partial charge in [0.15, 0.2) is 0 Å². The van der Waals surface area contributed by atoms with Gasteiger partial charge in [-0.3, -0.25) is 14.9 Å². The number of carboxylic acid groups (broad SMARTS) is 1. The quantitative estimate of drug-likeness (QED) is 0.492. The van der Waals surface area contributed by atoms with Gasteiger partial charge in [-0.15, -0.1) is 0 Å². The van der Waals surface area contributed by atoms with Crippen LogP contribution in [0.15, 0.2) is 18.2 Å².